The second kappa shape index (κ2) is 5.65. The molecule has 0 fully saturated rings. The van der Waals surface area contributed by atoms with E-state index in [1.807, 2.05) is 30.3 Å². The summed E-state index contributed by atoms with van der Waals surface area (Å²) >= 11 is 0. The van der Waals surface area contributed by atoms with Gasteiger partial charge in [0.2, 0.25) is 5.88 Å². The summed E-state index contributed by atoms with van der Waals surface area (Å²) in [4.78, 5) is 4.16. The Kier molecular flexibility index (Phi) is 3.95. The Balaban J connectivity index is 2.08. The minimum atomic E-state index is -0.504. The third-order valence-electron chi connectivity index (χ3n) is 2.80. The SMILES string of the molecule is CCc1ccc(Oc2ccc(C(C)O)cn2)cc1. The molecule has 1 atom stereocenters. The number of rotatable bonds is 4. The Morgan fingerprint density at radius 2 is 1.89 bits per heavy atom. The van der Waals surface area contributed by atoms with Crippen LogP contribution in [0.15, 0.2) is 42.6 Å². The third-order valence-corrected chi connectivity index (χ3v) is 2.80. The van der Waals surface area contributed by atoms with Gasteiger partial charge in [-0.25, -0.2) is 4.98 Å². The molecular formula is C15H17NO2. The fourth-order valence-corrected chi connectivity index (χ4v) is 1.61. The lowest BCUT2D eigenvalue weighted by Crippen LogP contribution is -1.93. The zero-order valence-corrected chi connectivity index (χ0v) is 10.6. The molecule has 0 saturated heterocycles. The van der Waals surface area contributed by atoms with E-state index >= 15 is 0 Å². The van der Waals surface area contributed by atoms with Crippen molar-refractivity contribution in [2.24, 2.45) is 0 Å². The molecule has 1 unspecified atom stereocenters. The van der Waals surface area contributed by atoms with Gasteiger partial charge in [-0.15, -0.1) is 0 Å². The van der Waals surface area contributed by atoms with Crippen LogP contribution >= 0.6 is 0 Å². The highest BCUT2D eigenvalue weighted by Crippen LogP contribution is 2.21. The topological polar surface area (TPSA) is 42.4 Å². The minimum absolute atomic E-state index is 0.504. The summed E-state index contributed by atoms with van der Waals surface area (Å²) in [7, 11) is 0. The van der Waals surface area contributed by atoms with Crippen LogP contribution in [0.1, 0.15) is 31.1 Å². The molecule has 0 aliphatic rings. The molecule has 1 heterocycles. The van der Waals surface area contributed by atoms with Crippen molar-refractivity contribution in [3.8, 4) is 11.6 Å². The van der Waals surface area contributed by atoms with Gasteiger partial charge in [0, 0.05) is 12.3 Å². The first-order valence-corrected chi connectivity index (χ1v) is 6.10. The molecule has 0 aliphatic heterocycles. The molecule has 2 aromatic rings. The molecule has 94 valence electrons. The molecule has 3 heteroatoms. The molecule has 1 N–H and O–H groups in total. The van der Waals surface area contributed by atoms with E-state index in [9.17, 15) is 5.11 Å². The molecule has 0 bridgehead atoms. The van der Waals surface area contributed by atoms with Crippen LogP contribution in [-0.4, -0.2) is 10.1 Å². The molecule has 1 aromatic carbocycles. The number of hydrogen-bond acceptors (Lipinski definition) is 3. The highest BCUT2D eigenvalue weighted by Gasteiger charge is 2.03. The molecule has 0 spiro atoms. The standard InChI is InChI=1S/C15H17NO2/c1-3-12-4-7-14(8-5-12)18-15-9-6-13(10-16-15)11(2)17/h4-11,17H,3H2,1-2H3. The predicted octanol–water partition coefficient (Wildman–Crippen LogP) is 3.49. The van der Waals surface area contributed by atoms with Crippen molar-refractivity contribution in [3.63, 3.8) is 0 Å². The monoisotopic (exact) mass is 243 g/mol. The molecule has 2 rings (SSSR count). The lowest BCUT2D eigenvalue weighted by molar-refractivity contribution is 0.198. The Morgan fingerprint density at radius 3 is 2.39 bits per heavy atom. The maximum absolute atomic E-state index is 9.38. The summed E-state index contributed by atoms with van der Waals surface area (Å²) in [5.74, 6) is 1.30. The van der Waals surface area contributed by atoms with Gasteiger partial charge in [0.25, 0.3) is 0 Å². The van der Waals surface area contributed by atoms with E-state index < -0.39 is 6.10 Å². The van der Waals surface area contributed by atoms with Gasteiger partial charge in [-0.3, -0.25) is 0 Å². The third kappa shape index (κ3) is 3.08. The average Bonchev–Trinajstić information content (AvgIpc) is 2.40. The zero-order valence-electron chi connectivity index (χ0n) is 10.6. The number of aliphatic hydroxyl groups is 1. The van der Waals surface area contributed by atoms with E-state index in [4.69, 9.17) is 4.74 Å². The van der Waals surface area contributed by atoms with E-state index in [0.717, 1.165) is 17.7 Å². The van der Waals surface area contributed by atoms with E-state index in [0.29, 0.717) is 5.88 Å². The predicted molar refractivity (Wildman–Crippen MR) is 70.8 cm³/mol. The number of benzene rings is 1. The van der Waals surface area contributed by atoms with Gasteiger partial charge in [0.05, 0.1) is 6.10 Å². The lowest BCUT2D eigenvalue weighted by atomic mass is 10.2. The lowest BCUT2D eigenvalue weighted by Gasteiger charge is -2.07. The van der Waals surface area contributed by atoms with Crippen LogP contribution in [0.25, 0.3) is 0 Å². The maximum Gasteiger partial charge on any atom is 0.219 e. The molecular weight excluding hydrogens is 226 g/mol. The van der Waals surface area contributed by atoms with Crippen LogP contribution in [0.4, 0.5) is 0 Å². The zero-order chi connectivity index (χ0) is 13.0. The van der Waals surface area contributed by atoms with Crippen molar-refractivity contribution in [2.75, 3.05) is 0 Å². The summed E-state index contributed by atoms with van der Waals surface area (Å²) in [6, 6.07) is 11.5. The number of aryl methyl sites for hydroxylation is 1. The van der Waals surface area contributed by atoms with Crippen LogP contribution in [0, 0.1) is 0 Å². The summed E-state index contributed by atoms with van der Waals surface area (Å²) in [6.45, 7) is 3.83. The number of hydrogen-bond donors (Lipinski definition) is 1. The van der Waals surface area contributed by atoms with Gasteiger partial charge in [-0.2, -0.15) is 0 Å². The van der Waals surface area contributed by atoms with Crippen molar-refractivity contribution in [2.45, 2.75) is 26.4 Å². The normalized spacial score (nSPS) is 12.2. The summed E-state index contributed by atoms with van der Waals surface area (Å²) in [6.07, 6.45) is 2.14. The van der Waals surface area contributed by atoms with Gasteiger partial charge < -0.3 is 9.84 Å². The minimum Gasteiger partial charge on any atom is -0.439 e. The fourth-order valence-electron chi connectivity index (χ4n) is 1.61. The van der Waals surface area contributed by atoms with Crippen LogP contribution in [0.3, 0.4) is 0 Å². The van der Waals surface area contributed by atoms with Gasteiger partial charge in [-0.05, 0) is 42.7 Å². The van der Waals surface area contributed by atoms with E-state index in [-0.39, 0.29) is 0 Å². The number of nitrogens with zero attached hydrogens (tertiary/aromatic N) is 1. The Hall–Kier alpha value is -1.87. The van der Waals surface area contributed by atoms with Crippen molar-refractivity contribution < 1.29 is 9.84 Å². The molecule has 3 nitrogen and oxygen atoms in total. The number of aliphatic hydroxyl groups excluding tert-OH is 1. The van der Waals surface area contributed by atoms with Crippen LogP contribution in [0.2, 0.25) is 0 Å². The highest BCUT2D eigenvalue weighted by molar-refractivity contribution is 5.31. The molecule has 0 radical (unpaired) electrons. The van der Waals surface area contributed by atoms with Crippen molar-refractivity contribution >= 4 is 0 Å². The first-order chi connectivity index (χ1) is 8.69. The van der Waals surface area contributed by atoms with E-state index in [2.05, 4.69) is 11.9 Å². The maximum atomic E-state index is 9.38. The van der Waals surface area contributed by atoms with Gasteiger partial charge >= 0.3 is 0 Å². The Bertz CT molecular complexity index is 489. The van der Waals surface area contributed by atoms with Crippen LogP contribution in [-0.2, 0) is 6.42 Å². The quantitative estimate of drug-likeness (QED) is 0.893. The Morgan fingerprint density at radius 1 is 1.17 bits per heavy atom. The Labute approximate surface area is 107 Å². The first-order valence-electron chi connectivity index (χ1n) is 6.10. The van der Waals surface area contributed by atoms with Crippen LogP contribution < -0.4 is 4.74 Å². The summed E-state index contributed by atoms with van der Waals surface area (Å²) in [5.41, 5.74) is 2.06. The second-order valence-corrected chi connectivity index (χ2v) is 4.21. The second-order valence-electron chi connectivity index (χ2n) is 4.21. The average molecular weight is 243 g/mol. The number of ether oxygens (including phenoxy) is 1. The molecule has 1 aromatic heterocycles. The van der Waals surface area contributed by atoms with Crippen molar-refractivity contribution in [1.29, 1.82) is 0 Å². The first kappa shape index (κ1) is 12.6. The van der Waals surface area contributed by atoms with Gasteiger partial charge in [-0.1, -0.05) is 19.1 Å². The number of aromatic nitrogens is 1. The molecule has 18 heavy (non-hydrogen) atoms. The van der Waals surface area contributed by atoms with E-state index in [1.54, 1.807) is 19.2 Å². The van der Waals surface area contributed by atoms with Gasteiger partial charge in [0.15, 0.2) is 0 Å². The van der Waals surface area contributed by atoms with Crippen molar-refractivity contribution in [3.05, 3.63) is 53.7 Å². The number of pyridine rings is 1. The summed E-state index contributed by atoms with van der Waals surface area (Å²) in [5, 5.41) is 9.38. The smallest absolute Gasteiger partial charge is 0.219 e. The fraction of sp³-hybridized carbons (Fsp3) is 0.267. The largest absolute Gasteiger partial charge is 0.439 e. The molecule has 0 aliphatic carbocycles. The molecule has 0 saturated carbocycles. The van der Waals surface area contributed by atoms with Crippen molar-refractivity contribution in [1.82, 2.24) is 4.98 Å². The van der Waals surface area contributed by atoms with Gasteiger partial charge in [0.1, 0.15) is 5.75 Å². The highest BCUT2D eigenvalue weighted by atomic mass is 16.5. The van der Waals surface area contributed by atoms with E-state index in [1.165, 1.54) is 5.56 Å². The summed E-state index contributed by atoms with van der Waals surface area (Å²) < 4.78 is 5.62. The molecule has 0 amide bonds. The van der Waals surface area contributed by atoms with Crippen LogP contribution in [0.5, 0.6) is 11.6 Å².